The number of carbonyl (C=O) groups is 2. The topological polar surface area (TPSA) is 140 Å². The van der Waals surface area contributed by atoms with Gasteiger partial charge in [0.25, 0.3) is 5.91 Å². The number of piperidine rings is 1. The molecule has 1 fully saturated rings. The molecule has 1 saturated heterocycles. The van der Waals surface area contributed by atoms with Gasteiger partial charge in [0.2, 0.25) is 0 Å². The highest BCUT2D eigenvalue weighted by atomic mass is 32.1. The molecule has 0 atom stereocenters. The number of fused-ring (bicyclic) bond motifs is 1. The number of likely N-dealkylation sites (N-methyl/N-ethyl adjacent to an activating group) is 1. The number of anilines is 1. The third-order valence-corrected chi connectivity index (χ3v) is 9.49. The molecule has 5 aromatic rings. The molecule has 0 aliphatic carbocycles. The number of furan rings is 1. The summed E-state index contributed by atoms with van der Waals surface area (Å²) in [5.41, 5.74) is 4.12. The van der Waals surface area contributed by atoms with Gasteiger partial charge >= 0.3 is 11.0 Å². The molecule has 0 unspecified atom stereocenters. The van der Waals surface area contributed by atoms with Crippen molar-refractivity contribution in [3.8, 4) is 16.9 Å². The first-order valence-electron chi connectivity index (χ1n) is 16.1. The monoisotopic (exact) mass is 669 g/mol. The van der Waals surface area contributed by atoms with E-state index in [-0.39, 0.29) is 22.6 Å². The lowest BCUT2D eigenvalue weighted by Gasteiger charge is -2.32. The van der Waals surface area contributed by atoms with Crippen LogP contribution in [0.1, 0.15) is 34.7 Å². The van der Waals surface area contributed by atoms with E-state index in [1.165, 1.54) is 0 Å². The van der Waals surface area contributed by atoms with Crippen LogP contribution in [0.25, 0.3) is 21.3 Å². The normalized spacial score (nSPS) is 13.9. The highest BCUT2D eigenvalue weighted by Gasteiger charge is 2.24. The molecule has 2 aromatic heterocycles. The lowest BCUT2D eigenvalue weighted by Crippen LogP contribution is -2.42. The van der Waals surface area contributed by atoms with E-state index in [4.69, 9.17) is 9.15 Å². The van der Waals surface area contributed by atoms with Gasteiger partial charge in [-0.3, -0.25) is 14.9 Å². The average Bonchev–Trinajstić information content (AvgIpc) is 3.74. The largest absolute Gasteiger partial charge is 0.506 e. The number of aromatic hydroxyl groups is 1. The zero-order valence-corrected chi connectivity index (χ0v) is 27.6. The van der Waals surface area contributed by atoms with E-state index in [1.807, 2.05) is 60.7 Å². The zero-order chi connectivity index (χ0) is 33.5. The molecule has 4 N–H and O–H groups in total. The van der Waals surface area contributed by atoms with E-state index < -0.39 is 6.09 Å². The minimum Gasteiger partial charge on any atom is -0.506 e. The Balaban J connectivity index is 0.896. The van der Waals surface area contributed by atoms with Crippen LogP contribution in [0.3, 0.4) is 0 Å². The van der Waals surface area contributed by atoms with Crippen molar-refractivity contribution in [3.05, 3.63) is 106 Å². The maximum atomic E-state index is 13.0. The van der Waals surface area contributed by atoms with Crippen LogP contribution in [-0.2, 0) is 17.7 Å². The van der Waals surface area contributed by atoms with Crippen LogP contribution >= 0.6 is 11.3 Å². The van der Waals surface area contributed by atoms with E-state index in [1.54, 1.807) is 30.1 Å². The Morgan fingerprint density at radius 3 is 2.62 bits per heavy atom. The first-order valence-corrected chi connectivity index (χ1v) is 16.9. The number of phenols is 1. The predicted molar refractivity (Wildman–Crippen MR) is 187 cm³/mol. The summed E-state index contributed by atoms with van der Waals surface area (Å²) in [5, 5.41) is 16.2. The van der Waals surface area contributed by atoms with Gasteiger partial charge < -0.3 is 34.4 Å². The van der Waals surface area contributed by atoms with Gasteiger partial charge in [-0.15, -0.1) is 0 Å². The number of ether oxygens (including phenoxy) is 1. The summed E-state index contributed by atoms with van der Waals surface area (Å²) in [4.78, 5) is 43.9. The van der Waals surface area contributed by atoms with Gasteiger partial charge in [-0.2, -0.15) is 0 Å². The molecule has 12 heteroatoms. The number of para-hydroxylation sites is 1. The lowest BCUT2D eigenvalue weighted by molar-refractivity contribution is 0.0534. The van der Waals surface area contributed by atoms with E-state index >= 15 is 0 Å². The Hall–Kier alpha value is -4.91. The molecule has 11 nitrogen and oxygen atoms in total. The number of nitrogens with one attached hydrogen (secondary N) is 3. The molecule has 0 radical (unpaired) electrons. The maximum Gasteiger partial charge on any atom is 0.411 e. The number of hydrogen-bond donors (Lipinski definition) is 4. The predicted octanol–water partition coefficient (Wildman–Crippen LogP) is 5.67. The van der Waals surface area contributed by atoms with Gasteiger partial charge in [-0.05, 0) is 61.2 Å². The van der Waals surface area contributed by atoms with Crippen molar-refractivity contribution in [2.45, 2.75) is 31.9 Å². The third kappa shape index (κ3) is 8.14. The molecule has 0 saturated carbocycles. The standard InChI is InChI=1S/C36H39N5O6S/c1-40(34(43)31-14-12-27(46-31)23-37-18-15-25-11-13-30(42)32-33(25)48-36(45)39-32)21-22-41-19-16-26(17-20-41)47-35(44)38-29-10-6-5-9-28(29)24-7-3-2-4-8-24/h2-14,26,37,42H,15-23H2,1H3,(H,38,44)(H,39,45). The van der Waals surface area contributed by atoms with Crippen LogP contribution in [0.4, 0.5) is 10.5 Å². The minimum absolute atomic E-state index is 0.0655. The smallest absolute Gasteiger partial charge is 0.411 e. The summed E-state index contributed by atoms with van der Waals surface area (Å²) in [6, 6.07) is 24.5. The van der Waals surface area contributed by atoms with Crippen molar-refractivity contribution in [2.75, 3.05) is 45.1 Å². The second kappa shape index (κ2) is 15.3. The number of benzene rings is 3. The number of H-pyrrole nitrogens is 1. The van der Waals surface area contributed by atoms with Crippen LogP contribution in [-0.4, -0.2) is 77.8 Å². The second-order valence-electron chi connectivity index (χ2n) is 11.9. The molecule has 0 bridgehead atoms. The fourth-order valence-corrected chi connectivity index (χ4v) is 6.77. The molecule has 3 heterocycles. The highest BCUT2D eigenvalue weighted by Crippen LogP contribution is 2.29. The minimum atomic E-state index is -0.454. The van der Waals surface area contributed by atoms with Crippen molar-refractivity contribution in [3.63, 3.8) is 0 Å². The van der Waals surface area contributed by atoms with Gasteiger partial charge in [0.1, 0.15) is 23.1 Å². The summed E-state index contributed by atoms with van der Waals surface area (Å²) in [6.45, 7) is 3.88. The van der Waals surface area contributed by atoms with Gasteiger partial charge in [0, 0.05) is 38.8 Å². The zero-order valence-electron chi connectivity index (χ0n) is 26.7. The molecule has 2 amide bonds. The summed E-state index contributed by atoms with van der Waals surface area (Å²) in [6.07, 6.45) is 1.50. The average molecular weight is 670 g/mol. The molecule has 48 heavy (non-hydrogen) atoms. The number of rotatable bonds is 12. The lowest BCUT2D eigenvalue weighted by atomic mass is 10.0. The maximum absolute atomic E-state index is 13.0. The molecule has 6 rings (SSSR count). The van der Waals surface area contributed by atoms with Crippen molar-refractivity contribution < 1.29 is 23.8 Å². The summed E-state index contributed by atoms with van der Waals surface area (Å²) < 4.78 is 12.3. The number of hydrogen-bond acceptors (Lipinski definition) is 9. The van der Waals surface area contributed by atoms with E-state index in [2.05, 4.69) is 20.5 Å². The first kappa shape index (κ1) is 33.0. The molecule has 3 aromatic carbocycles. The molecular formula is C36H39N5O6S. The molecule has 1 aliphatic heterocycles. The number of nitrogens with zero attached hydrogens (tertiary/aromatic N) is 2. The third-order valence-electron chi connectivity index (χ3n) is 8.54. The van der Waals surface area contributed by atoms with E-state index in [0.29, 0.717) is 55.3 Å². The van der Waals surface area contributed by atoms with Gasteiger partial charge in [0.05, 0.1) is 16.9 Å². The number of phenolic OH excluding ortho intramolecular Hbond substituents is 1. The van der Waals surface area contributed by atoms with Crippen LogP contribution in [0.5, 0.6) is 5.75 Å². The Kier molecular flexibility index (Phi) is 10.5. The summed E-state index contributed by atoms with van der Waals surface area (Å²) in [5.74, 6) is 0.832. The number of thiazole rings is 1. The Bertz CT molecular complexity index is 1910. The first-order chi connectivity index (χ1) is 23.3. The Morgan fingerprint density at radius 1 is 1.04 bits per heavy atom. The Labute approximate surface area is 282 Å². The number of likely N-dealkylation sites (tertiary alicyclic amines) is 1. The number of amides is 2. The molecule has 0 spiro atoms. The van der Waals surface area contributed by atoms with Crippen LogP contribution in [0.15, 0.2) is 88.1 Å². The second-order valence-corrected chi connectivity index (χ2v) is 12.8. The van der Waals surface area contributed by atoms with Crippen molar-refractivity contribution in [1.82, 2.24) is 20.1 Å². The van der Waals surface area contributed by atoms with Crippen molar-refractivity contribution in [2.24, 2.45) is 0 Å². The van der Waals surface area contributed by atoms with Gasteiger partial charge in [-0.25, -0.2) is 4.79 Å². The number of aromatic nitrogens is 1. The fourth-order valence-electron chi connectivity index (χ4n) is 5.88. The van der Waals surface area contributed by atoms with Gasteiger partial charge in [-0.1, -0.05) is 65.9 Å². The van der Waals surface area contributed by atoms with Crippen LogP contribution in [0, 0.1) is 0 Å². The quantitative estimate of drug-likeness (QED) is 0.125. The summed E-state index contributed by atoms with van der Waals surface area (Å²) >= 11 is 1.09. The van der Waals surface area contributed by atoms with E-state index in [0.717, 1.165) is 58.7 Å². The van der Waals surface area contributed by atoms with Gasteiger partial charge in [0.15, 0.2) is 5.76 Å². The number of aromatic amines is 1. The fraction of sp³-hybridized carbons (Fsp3) is 0.306. The molecular weight excluding hydrogens is 630 g/mol. The van der Waals surface area contributed by atoms with E-state index in [9.17, 15) is 19.5 Å². The summed E-state index contributed by atoms with van der Waals surface area (Å²) in [7, 11) is 1.77. The van der Waals surface area contributed by atoms with Crippen LogP contribution in [0.2, 0.25) is 0 Å². The number of carbonyl (C=O) groups excluding carboxylic acids is 2. The highest BCUT2D eigenvalue weighted by molar-refractivity contribution is 7.16. The van der Waals surface area contributed by atoms with Crippen molar-refractivity contribution >= 4 is 39.2 Å². The van der Waals surface area contributed by atoms with Crippen molar-refractivity contribution in [1.29, 1.82) is 0 Å². The Morgan fingerprint density at radius 2 is 1.81 bits per heavy atom. The molecule has 250 valence electrons. The molecule has 1 aliphatic rings. The van der Waals surface area contributed by atoms with Crippen LogP contribution < -0.4 is 15.5 Å². The SMILES string of the molecule is CN(CCN1CCC(OC(=O)Nc2ccccc2-c2ccccc2)CC1)C(=O)c1ccc(CNCCc2ccc(O)c3[nH]c(=O)sc23)o1.